The monoisotopic (exact) mass is 325 g/mol. The van der Waals surface area contributed by atoms with Gasteiger partial charge in [-0.15, -0.1) is 0 Å². The van der Waals surface area contributed by atoms with Crippen molar-refractivity contribution in [3.63, 3.8) is 0 Å². The molecule has 2 saturated heterocycles. The van der Waals surface area contributed by atoms with Gasteiger partial charge in [0.05, 0.1) is 29.7 Å². The van der Waals surface area contributed by atoms with Gasteiger partial charge >= 0.3 is 0 Å². The number of ether oxygens (including phenoxy) is 2. The van der Waals surface area contributed by atoms with Crippen LogP contribution in [0.25, 0.3) is 0 Å². The number of nitrogens with zero attached hydrogens (tertiary/aromatic N) is 3. The minimum atomic E-state index is -0.0260. The molecule has 5 nitrogen and oxygen atoms in total. The molecule has 1 spiro atoms. The minimum absolute atomic E-state index is 0.0260. The lowest BCUT2D eigenvalue weighted by molar-refractivity contribution is -0.200. The molecule has 2 aromatic heterocycles. The van der Waals surface area contributed by atoms with Gasteiger partial charge in [-0.2, -0.15) is 0 Å². The molecule has 5 heteroatoms. The Morgan fingerprint density at radius 2 is 1.83 bits per heavy atom. The quantitative estimate of drug-likeness (QED) is 0.845. The Hall–Kier alpha value is -1.82. The van der Waals surface area contributed by atoms with E-state index in [2.05, 4.69) is 20.9 Å². The van der Waals surface area contributed by atoms with Crippen LogP contribution in [0.1, 0.15) is 24.2 Å². The Labute approximate surface area is 142 Å². The number of likely N-dealkylation sites (tertiary alicyclic amines) is 1. The van der Waals surface area contributed by atoms with Gasteiger partial charge in [-0.05, 0) is 30.7 Å². The average Bonchev–Trinajstić information content (AvgIpc) is 2.61. The SMILES string of the molecule is c1ccc(COC2CCOC3(C2)CN(Cc2ccccn2)C3)nc1. The van der Waals surface area contributed by atoms with Gasteiger partial charge in [-0.25, -0.2) is 0 Å². The fourth-order valence-corrected chi connectivity index (χ4v) is 3.63. The summed E-state index contributed by atoms with van der Waals surface area (Å²) in [6.07, 6.45) is 5.86. The summed E-state index contributed by atoms with van der Waals surface area (Å²) < 4.78 is 12.2. The third kappa shape index (κ3) is 3.64. The Bertz CT molecular complexity index is 644. The Morgan fingerprint density at radius 3 is 2.54 bits per heavy atom. The highest BCUT2D eigenvalue weighted by molar-refractivity contribution is 5.08. The van der Waals surface area contributed by atoms with Crippen molar-refractivity contribution < 1.29 is 9.47 Å². The summed E-state index contributed by atoms with van der Waals surface area (Å²) in [6, 6.07) is 12.0. The second kappa shape index (κ2) is 6.97. The van der Waals surface area contributed by atoms with Gasteiger partial charge in [0.25, 0.3) is 0 Å². The van der Waals surface area contributed by atoms with Crippen molar-refractivity contribution in [3.05, 3.63) is 60.2 Å². The van der Waals surface area contributed by atoms with Crippen LogP contribution < -0.4 is 0 Å². The fourth-order valence-electron chi connectivity index (χ4n) is 3.63. The lowest BCUT2D eigenvalue weighted by atomic mass is 9.84. The standard InChI is InChI=1S/C19H23N3O2/c1-3-8-20-16(5-1)12-22-14-19(15-22)11-18(7-10-24-19)23-13-17-6-2-4-9-21-17/h1-6,8-9,18H,7,10-15H2. The van der Waals surface area contributed by atoms with Crippen LogP contribution in [0.5, 0.6) is 0 Å². The molecule has 126 valence electrons. The number of pyridine rings is 2. The highest BCUT2D eigenvalue weighted by Crippen LogP contribution is 2.36. The van der Waals surface area contributed by atoms with Crippen LogP contribution in [0.3, 0.4) is 0 Å². The molecule has 2 aliphatic rings. The van der Waals surface area contributed by atoms with Gasteiger partial charge in [0.15, 0.2) is 0 Å². The van der Waals surface area contributed by atoms with Crippen molar-refractivity contribution in [2.24, 2.45) is 0 Å². The summed E-state index contributed by atoms with van der Waals surface area (Å²) >= 11 is 0. The molecule has 0 saturated carbocycles. The van der Waals surface area contributed by atoms with E-state index in [-0.39, 0.29) is 11.7 Å². The summed E-state index contributed by atoms with van der Waals surface area (Å²) in [5.74, 6) is 0. The number of aromatic nitrogens is 2. The van der Waals surface area contributed by atoms with Crippen molar-refractivity contribution in [3.8, 4) is 0 Å². The first kappa shape index (κ1) is 15.7. The van der Waals surface area contributed by atoms with E-state index in [1.807, 2.05) is 42.7 Å². The van der Waals surface area contributed by atoms with Crippen LogP contribution in [-0.4, -0.2) is 46.3 Å². The van der Waals surface area contributed by atoms with E-state index in [0.717, 1.165) is 50.5 Å². The van der Waals surface area contributed by atoms with Crippen molar-refractivity contribution in [2.75, 3.05) is 19.7 Å². The molecule has 0 N–H and O–H groups in total. The van der Waals surface area contributed by atoms with E-state index in [1.54, 1.807) is 0 Å². The Balaban J connectivity index is 1.27. The molecule has 2 aliphatic heterocycles. The normalized spacial score (nSPS) is 23.1. The summed E-state index contributed by atoms with van der Waals surface area (Å²) in [5.41, 5.74) is 2.08. The second-order valence-corrected chi connectivity index (χ2v) is 6.74. The number of hydrogen-bond acceptors (Lipinski definition) is 5. The molecular formula is C19H23N3O2. The second-order valence-electron chi connectivity index (χ2n) is 6.74. The molecule has 0 amide bonds. The van der Waals surface area contributed by atoms with E-state index in [0.29, 0.717) is 6.61 Å². The van der Waals surface area contributed by atoms with E-state index in [4.69, 9.17) is 9.47 Å². The first-order chi connectivity index (χ1) is 11.8. The largest absolute Gasteiger partial charge is 0.372 e. The summed E-state index contributed by atoms with van der Waals surface area (Å²) in [5, 5.41) is 0. The van der Waals surface area contributed by atoms with Gasteiger partial charge in [-0.1, -0.05) is 12.1 Å². The van der Waals surface area contributed by atoms with Crippen LogP contribution in [-0.2, 0) is 22.6 Å². The first-order valence-corrected chi connectivity index (χ1v) is 8.59. The van der Waals surface area contributed by atoms with E-state index >= 15 is 0 Å². The van der Waals surface area contributed by atoms with Gasteiger partial charge in [0, 0.05) is 45.1 Å². The smallest absolute Gasteiger partial charge is 0.0959 e. The molecule has 4 heterocycles. The maximum atomic E-state index is 6.09. The molecule has 2 aromatic rings. The number of hydrogen-bond donors (Lipinski definition) is 0. The molecule has 0 bridgehead atoms. The van der Waals surface area contributed by atoms with E-state index < -0.39 is 0 Å². The average molecular weight is 325 g/mol. The lowest BCUT2D eigenvalue weighted by Gasteiger charge is -2.53. The van der Waals surface area contributed by atoms with Gasteiger partial charge in [0.1, 0.15) is 0 Å². The Kier molecular flexibility index (Phi) is 4.56. The van der Waals surface area contributed by atoms with Crippen molar-refractivity contribution in [1.82, 2.24) is 14.9 Å². The molecule has 0 radical (unpaired) electrons. The predicted octanol–water partition coefficient (Wildman–Crippen LogP) is 2.43. The van der Waals surface area contributed by atoms with Crippen LogP contribution in [0.15, 0.2) is 48.8 Å². The molecule has 24 heavy (non-hydrogen) atoms. The molecular weight excluding hydrogens is 302 g/mol. The molecule has 4 rings (SSSR count). The zero-order chi connectivity index (χ0) is 16.2. The highest BCUT2D eigenvalue weighted by Gasteiger charge is 2.47. The molecule has 0 aromatic carbocycles. The predicted molar refractivity (Wildman–Crippen MR) is 90.2 cm³/mol. The number of rotatable bonds is 5. The summed E-state index contributed by atoms with van der Waals surface area (Å²) in [6.45, 7) is 4.19. The zero-order valence-corrected chi connectivity index (χ0v) is 13.8. The van der Waals surface area contributed by atoms with E-state index in [1.165, 1.54) is 0 Å². The summed E-state index contributed by atoms with van der Waals surface area (Å²) in [4.78, 5) is 11.1. The molecule has 1 unspecified atom stereocenters. The lowest BCUT2D eigenvalue weighted by Crippen LogP contribution is -2.65. The van der Waals surface area contributed by atoms with Crippen LogP contribution >= 0.6 is 0 Å². The van der Waals surface area contributed by atoms with Crippen LogP contribution in [0.4, 0.5) is 0 Å². The van der Waals surface area contributed by atoms with Gasteiger partial charge in [0.2, 0.25) is 0 Å². The zero-order valence-electron chi connectivity index (χ0n) is 13.8. The highest BCUT2D eigenvalue weighted by atomic mass is 16.5. The third-order valence-corrected chi connectivity index (χ3v) is 4.78. The Morgan fingerprint density at radius 1 is 1.08 bits per heavy atom. The van der Waals surface area contributed by atoms with Crippen LogP contribution in [0.2, 0.25) is 0 Å². The third-order valence-electron chi connectivity index (χ3n) is 4.78. The first-order valence-electron chi connectivity index (χ1n) is 8.59. The van der Waals surface area contributed by atoms with Crippen molar-refractivity contribution in [1.29, 1.82) is 0 Å². The molecule has 2 fully saturated rings. The fraction of sp³-hybridized carbons (Fsp3) is 0.474. The van der Waals surface area contributed by atoms with Crippen molar-refractivity contribution in [2.45, 2.75) is 37.7 Å². The van der Waals surface area contributed by atoms with E-state index in [9.17, 15) is 0 Å². The summed E-state index contributed by atoms with van der Waals surface area (Å²) in [7, 11) is 0. The maximum Gasteiger partial charge on any atom is 0.0959 e. The minimum Gasteiger partial charge on any atom is -0.372 e. The van der Waals surface area contributed by atoms with Gasteiger partial charge < -0.3 is 9.47 Å². The maximum absolute atomic E-state index is 6.09. The van der Waals surface area contributed by atoms with Crippen molar-refractivity contribution >= 4 is 0 Å². The van der Waals surface area contributed by atoms with Gasteiger partial charge in [-0.3, -0.25) is 14.9 Å². The van der Waals surface area contributed by atoms with Crippen LogP contribution in [0, 0.1) is 0 Å². The molecule has 1 atom stereocenters. The topological polar surface area (TPSA) is 47.5 Å². The molecule has 0 aliphatic carbocycles.